The summed E-state index contributed by atoms with van der Waals surface area (Å²) in [5.41, 5.74) is 1.91. The first kappa shape index (κ1) is 16.7. The SMILES string of the molecule is CN(C)C(=O)OC1C[C@H]2CC[C@@H](C1)N2c1ccc(C#N)c2ccccc12. The summed E-state index contributed by atoms with van der Waals surface area (Å²) in [4.78, 5) is 15.9. The minimum atomic E-state index is -0.258. The third kappa shape index (κ3) is 2.76. The quantitative estimate of drug-likeness (QED) is 0.825. The molecule has 1 unspecified atom stereocenters. The number of hydrogen-bond acceptors (Lipinski definition) is 4. The molecule has 2 heterocycles. The Morgan fingerprint density at radius 1 is 1.12 bits per heavy atom. The van der Waals surface area contributed by atoms with Crippen LogP contribution in [0.5, 0.6) is 0 Å². The lowest BCUT2D eigenvalue weighted by molar-refractivity contribution is 0.0544. The van der Waals surface area contributed by atoms with E-state index in [2.05, 4.69) is 23.1 Å². The summed E-state index contributed by atoms with van der Waals surface area (Å²) in [5, 5.41) is 11.5. The van der Waals surface area contributed by atoms with Crippen LogP contribution in [0.3, 0.4) is 0 Å². The standard InChI is InChI=1S/C21H23N3O2/c1-23(2)21(25)26-17-11-15-8-9-16(12-17)24(15)20-10-7-14(13-22)18-5-3-4-6-19(18)20/h3-7,10,15-17H,8-9,11-12H2,1-2H3/t15-,16+,17?. The molecule has 2 saturated heterocycles. The monoisotopic (exact) mass is 349 g/mol. The molecular weight excluding hydrogens is 326 g/mol. The number of carbonyl (C=O) groups is 1. The van der Waals surface area contributed by atoms with Crippen molar-refractivity contribution in [3.05, 3.63) is 42.0 Å². The molecule has 0 spiro atoms. The third-order valence-electron chi connectivity index (χ3n) is 5.62. The second-order valence-electron chi connectivity index (χ2n) is 7.45. The first-order valence-corrected chi connectivity index (χ1v) is 9.16. The zero-order valence-electron chi connectivity index (χ0n) is 15.2. The van der Waals surface area contributed by atoms with Crippen LogP contribution in [0.2, 0.25) is 0 Å². The Morgan fingerprint density at radius 3 is 2.38 bits per heavy atom. The number of piperidine rings is 1. The van der Waals surface area contributed by atoms with Gasteiger partial charge in [-0.15, -0.1) is 0 Å². The summed E-state index contributed by atoms with van der Waals surface area (Å²) < 4.78 is 5.66. The second kappa shape index (κ2) is 6.53. The van der Waals surface area contributed by atoms with E-state index in [4.69, 9.17) is 4.74 Å². The van der Waals surface area contributed by atoms with Gasteiger partial charge in [-0.05, 0) is 25.0 Å². The maximum absolute atomic E-state index is 11.9. The number of fused-ring (bicyclic) bond motifs is 3. The lowest BCUT2D eigenvalue weighted by atomic mass is 9.96. The molecule has 134 valence electrons. The highest BCUT2D eigenvalue weighted by molar-refractivity contribution is 5.98. The highest BCUT2D eigenvalue weighted by Gasteiger charge is 2.42. The highest BCUT2D eigenvalue weighted by atomic mass is 16.6. The first-order chi connectivity index (χ1) is 12.6. The average Bonchev–Trinajstić information content (AvgIpc) is 2.90. The topological polar surface area (TPSA) is 56.6 Å². The zero-order chi connectivity index (χ0) is 18.3. The molecule has 2 aromatic rings. The predicted octanol–water partition coefficient (Wildman–Crippen LogP) is 3.91. The molecule has 0 aromatic heterocycles. The Bertz CT molecular complexity index is 872. The number of amides is 1. The second-order valence-corrected chi connectivity index (χ2v) is 7.45. The maximum Gasteiger partial charge on any atom is 0.409 e. The van der Waals surface area contributed by atoms with Gasteiger partial charge in [-0.1, -0.05) is 24.3 Å². The number of nitriles is 1. The van der Waals surface area contributed by atoms with Gasteiger partial charge >= 0.3 is 6.09 Å². The van der Waals surface area contributed by atoms with Crippen molar-refractivity contribution in [2.45, 2.75) is 43.9 Å². The van der Waals surface area contributed by atoms with Gasteiger partial charge in [-0.3, -0.25) is 0 Å². The number of carbonyl (C=O) groups excluding carboxylic acids is 1. The van der Waals surface area contributed by atoms with Crippen LogP contribution in [-0.4, -0.2) is 43.3 Å². The molecule has 0 radical (unpaired) electrons. The molecular formula is C21H23N3O2. The normalized spacial score (nSPS) is 24.3. The summed E-state index contributed by atoms with van der Waals surface area (Å²) in [6, 6.07) is 15.2. The van der Waals surface area contributed by atoms with Crippen LogP contribution >= 0.6 is 0 Å². The molecule has 5 nitrogen and oxygen atoms in total. The molecule has 2 aliphatic rings. The van der Waals surface area contributed by atoms with Gasteiger partial charge in [-0.2, -0.15) is 5.26 Å². The van der Waals surface area contributed by atoms with Gasteiger partial charge in [-0.25, -0.2) is 4.79 Å². The van der Waals surface area contributed by atoms with Crippen LogP contribution in [-0.2, 0) is 4.74 Å². The lowest BCUT2D eigenvalue weighted by Gasteiger charge is -2.41. The lowest BCUT2D eigenvalue weighted by Crippen LogP contribution is -2.46. The summed E-state index contributed by atoms with van der Waals surface area (Å²) in [6.07, 6.45) is 3.70. The number of benzene rings is 2. The van der Waals surface area contributed by atoms with Crippen LogP contribution in [0.15, 0.2) is 36.4 Å². The number of hydrogen-bond donors (Lipinski definition) is 0. The minimum Gasteiger partial charge on any atom is -0.446 e. The molecule has 4 rings (SSSR count). The van der Waals surface area contributed by atoms with E-state index < -0.39 is 0 Å². The van der Waals surface area contributed by atoms with Gasteiger partial charge in [0.25, 0.3) is 0 Å². The molecule has 2 fully saturated rings. The van der Waals surface area contributed by atoms with Gasteiger partial charge < -0.3 is 14.5 Å². The van der Waals surface area contributed by atoms with E-state index in [1.54, 1.807) is 14.1 Å². The molecule has 2 aromatic carbocycles. The van der Waals surface area contributed by atoms with Crippen LogP contribution in [0, 0.1) is 11.3 Å². The Morgan fingerprint density at radius 2 is 1.77 bits per heavy atom. The third-order valence-corrected chi connectivity index (χ3v) is 5.62. The Balaban J connectivity index is 1.64. The maximum atomic E-state index is 11.9. The largest absolute Gasteiger partial charge is 0.446 e. The smallest absolute Gasteiger partial charge is 0.409 e. The fourth-order valence-electron chi connectivity index (χ4n) is 4.47. The number of anilines is 1. The van der Waals surface area contributed by atoms with E-state index in [1.165, 1.54) is 10.6 Å². The Hall–Kier alpha value is -2.74. The molecule has 2 aliphatic heterocycles. The molecule has 0 aliphatic carbocycles. The van der Waals surface area contributed by atoms with Crippen molar-refractivity contribution in [2.24, 2.45) is 0 Å². The van der Waals surface area contributed by atoms with Crippen molar-refractivity contribution < 1.29 is 9.53 Å². The van der Waals surface area contributed by atoms with E-state index in [0.717, 1.165) is 36.5 Å². The van der Waals surface area contributed by atoms with Gasteiger partial charge in [0, 0.05) is 55.5 Å². The zero-order valence-corrected chi connectivity index (χ0v) is 15.2. The van der Waals surface area contributed by atoms with E-state index in [0.29, 0.717) is 17.6 Å². The highest BCUT2D eigenvalue weighted by Crippen LogP contribution is 2.43. The Kier molecular flexibility index (Phi) is 4.20. The fourth-order valence-corrected chi connectivity index (χ4v) is 4.47. The Labute approximate surface area is 153 Å². The molecule has 0 saturated carbocycles. The predicted molar refractivity (Wildman–Crippen MR) is 101 cm³/mol. The first-order valence-electron chi connectivity index (χ1n) is 9.16. The van der Waals surface area contributed by atoms with E-state index in [-0.39, 0.29) is 12.2 Å². The molecule has 0 N–H and O–H groups in total. The average molecular weight is 349 g/mol. The minimum absolute atomic E-state index is 0.0108. The van der Waals surface area contributed by atoms with Crippen molar-refractivity contribution in [2.75, 3.05) is 19.0 Å². The molecule has 5 heteroatoms. The van der Waals surface area contributed by atoms with Gasteiger partial charge in [0.15, 0.2) is 0 Å². The number of nitrogens with zero attached hydrogens (tertiary/aromatic N) is 3. The molecule has 3 atom stereocenters. The van der Waals surface area contributed by atoms with Gasteiger partial charge in [0.05, 0.1) is 11.6 Å². The van der Waals surface area contributed by atoms with Crippen molar-refractivity contribution in [3.63, 3.8) is 0 Å². The summed E-state index contributed by atoms with van der Waals surface area (Å²) >= 11 is 0. The molecule has 26 heavy (non-hydrogen) atoms. The summed E-state index contributed by atoms with van der Waals surface area (Å²) in [7, 11) is 3.43. The van der Waals surface area contributed by atoms with Crippen molar-refractivity contribution in [1.29, 1.82) is 5.26 Å². The van der Waals surface area contributed by atoms with Gasteiger partial charge in [0.2, 0.25) is 0 Å². The molecule has 1 amide bonds. The number of ether oxygens (including phenoxy) is 1. The van der Waals surface area contributed by atoms with Crippen LogP contribution < -0.4 is 4.90 Å². The van der Waals surface area contributed by atoms with E-state index in [1.807, 2.05) is 24.3 Å². The van der Waals surface area contributed by atoms with Crippen LogP contribution in [0.1, 0.15) is 31.2 Å². The number of rotatable bonds is 2. The summed E-state index contributed by atoms with van der Waals surface area (Å²) in [6.45, 7) is 0. The fraction of sp³-hybridized carbons (Fsp3) is 0.429. The van der Waals surface area contributed by atoms with Crippen molar-refractivity contribution >= 4 is 22.6 Å². The van der Waals surface area contributed by atoms with Crippen molar-refractivity contribution in [1.82, 2.24) is 4.90 Å². The van der Waals surface area contributed by atoms with E-state index >= 15 is 0 Å². The van der Waals surface area contributed by atoms with Crippen LogP contribution in [0.4, 0.5) is 10.5 Å². The van der Waals surface area contributed by atoms with Gasteiger partial charge in [0.1, 0.15) is 6.10 Å². The van der Waals surface area contributed by atoms with Crippen LogP contribution in [0.25, 0.3) is 10.8 Å². The summed E-state index contributed by atoms with van der Waals surface area (Å²) in [5.74, 6) is 0. The molecule has 2 bridgehead atoms. The van der Waals surface area contributed by atoms with Crippen molar-refractivity contribution in [3.8, 4) is 6.07 Å². The van der Waals surface area contributed by atoms with E-state index in [9.17, 15) is 10.1 Å².